The maximum atomic E-state index is 7.24. The largest absolute Gasteiger partial charge is 0.715 e. The van der Waals surface area contributed by atoms with Gasteiger partial charge < -0.3 is 9.47 Å². The summed E-state index contributed by atoms with van der Waals surface area (Å²) in [5.41, 5.74) is 14.4. The van der Waals surface area contributed by atoms with Crippen LogP contribution in [0.25, 0.3) is 22.3 Å². The van der Waals surface area contributed by atoms with Gasteiger partial charge in [-0.05, 0) is 117 Å². The number of hydrogen-bond acceptors (Lipinski definition) is 2. The van der Waals surface area contributed by atoms with Gasteiger partial charge in [-0.25, -0.2) is 0 Å². The lowest BCUT2D eigenvalue weighted by Crippen LogP contribution is -2.59. The molecule has 0 bridgehead atoms. The number of unbranched alkanes of at least 4 members (excludes halogenated alkanes) is 3. The number of nitrogens with zero attached hydrogens (tertiary/aromatic N) is 2. The molecule has 3 aliphatic rings. The van der Waals surface area contributed by atoms with Crippen LogP contribution >= 0.6 is 7.26 Å². The van der Waals surface area contributed by atoms with Gasteiger partial charge >= 0.3 is 6.03 Å². The third kappa shape index (κ3) is 7.70. The van der Waals surface area contributed by atoms with Crippen LogP contribution in [0.15, 0.2) is 97.1 Å². The molecular weight excluding hydrogens is 728 g/mol. The molecule has 302 valence electrons. The topological polar surface area (TPSA) is 24.5 Å². The summed E-state index contributed by atoms with van der Waals surface area (Å²) >= 11 is 0. The molecule has 0 fully saturated rings. The molecule has 3 heterocycles. The van der Waals surface area contributed by atoms with Crippen LogP contribution in [-0.4, -0.2) is 52.3 Å². The molecule has 0 saturated carbocycles. The van der Waals surface area contributed by atoms with Crippen molar-refractivity contribution in [3.8, 4) is 33.8 Å². The van der Waals surface area contributed by atoms with Gasteiger partial charge in [-0.2, -0.15) is 0 Å². The van der Waals surface area contributed by atoms with E-state index in [9.17, 15) is 0 Å². The zero-order valence-corrected chi connectivity index (χ0v) is 36.1. The van der Waals surface area contributed by atoms with Crippen molar-refractivity contribution in [1.82, 2.24) is 0 Å². The molecule has 1 unspecified atom stereocenters. The summed E-state index contributed by atoms with van der Waals surface area (Å²) in [6, 6.07) is 34.6. The Hall–Kier alpha value is -4.53. The first kappa shape index (κ1) is 41.6. The minimum atomic E-state index is -1.21. The molecule has 0 aromatic heterocycles. The van der Waals surface area contributed by atoms with Gasteiger partial charge in [-0.3, -0.25) is 0 Å². The van der Waals surface area contributed by atoms with Gasteiger partial charge in [0.15, 0.2) is 23.9 Å². The molecular formula is C53H66N2O2P+3. The second-order valence-electron chi connectivity index (χ2n) is 16.8. The standard InChI is InChI=1S/C52H62N2O2P.CH4/c1-7-11-28-57(29-12-8-2,30-13-9-3)31-27-41-22-15-17-24-47(41)43-33-39(6)51-45(35-43)37-54-49-26-19-18-25-48(49)53-36-44-34-42(46-23-16-14-21-40(46)20-10-4)32-38(5)50(44)55-52(53,54)56-51;/h14-19,21-26,32-37H,7-13,20,27-31H2,1-6H3;1H4/q+3;. The van der Waals surface area contributed by atoms with Crippen LogP contribution in [0, 0.1) is 13.8 Å². The summed E-state index contributed by atoms with van der Waals surface area (Å²) in [7, 11) is -1.01. The number of hydrogen-bond donors (Lipinski definition) is 0. The van der Waals surface area contributed by atoms with E-state index in [-0.39, 0.29) is 7.43 Å². The summed E-state index contributed by atoms with van der Waals surface area (Å²) in [6.45, 7) is 13.7. The molecule has 0 amide bonds. The fourth-order valence-electron chi connectivity index (χ4n) is 9.56. The van der Waals surface area contributed by atoms with Gasteiger partial charge in [0.25, 0.3) is 11.4 Å². The maximum Gasteiger partial charge on any atom is 0.715 e. The Balaban J connectivity index is 0.00000512. The molecule has 5 aromatic rings. The van der Waals surface area contributed by atoms with E-state index in [2.05, 4.69) is 160 Å². The van der Waals surface area contributed by atoms with Crippen molar-refractivity contribution in [3.63, 3.8) is 0 Å². The van der Waals surface area contributed by atoms with Crippen molar-refractivity contribution < 1.29 is 18.6 Å². The Labute approximate surface area is 350 Å². The molecule has 0 N–H and O–H groups in total. The predicted octanol–water partition coefficient (Wildman–Crippen LogP) is 14.1. The summed E-state index contributed by atoms with van der Waals surface area (Å²) in [4.78, 5) is 0. The van der Waals surface area contributed by atoms with Gasteiger partial charge in [0.05, 0.1) is 35.8 Å². The Bertz CT molecular complexity index is 2320. The molecule has 3 aliphatic heterocycles. The van der Waals surface area contributed by atoms with Crippen LogP contribution in [0.2, 0.25) is 0 Å². The summed E-state index contributed by atoms with van der Waals surface area (Å²) in [5.74, 6) is 1.73. The fraction of sp³-hybridized carbons (Fsp3) is 0.396. The van der Waals surface area contributed by atoms with E-state index in [4.69, 9.17) is 9.47 Å². The van der Waals surface area contributed by atoms with E-state index >= 15 is 0 Å². The first-order chi connectivity index (χ1) is 27.8. The molecule has 8 rings (SSSR count). The molecule has 5 heteroatoms. The van der Waals surface area contributed by atoms with E-state index in [0.29, 0.717) is 0 Å². The van der Waals surface area contributed by atoms with Gasteiger partial charge in [-0.15, -0.1) is 0 Å². The Morgan fingerprint density at radius 1 is 0.517 bits per heavy atom. The SMILES string of the molecule is C.CCCC[P+](CCCC)(CCCC)CCc1ccccc1-c1cc(C)c2c(c1)C=[N+]1c3ccccc3[N+]3=Cc4cc(-c5ccccc5CCC)cc(C)c4OC31O2. The smallest absolute Gasteiger partial charge is 0.340 e. The highest BCUT2D eigenvalue weighted by atomic mass is 31.2. The first-order valence-electron chi connectivity index (χ1n) is 21.9. The van der Waals surface area contributed by atoms with Crippen LogP contribution in [0.5, 0.6) is 11.5 Å². The number of fused-ring (bicyclic) bond motifs is 5. The zero-order valence-electron chi connectivity index (χ0n) is 35.2. The van der Waals surface area contributed by atoms with Gasteiger partial charge in [-0.1, -0.05) is 121 Å². The zero-order chi connectivity index (χ0) is 39.6. The molecule has 0 saturated heterocycles. The van der Waals surface area contributed by atoms with Crippen LogP contribution < -0.4 is 9.47 Å². The van der Waals surface area contributed by atoms with Crippen LogP contribution in [0.4, 0.5) is 11.4 Å². The van der Waals surface area contributed by atoms with E-state index in [1.807, 2.05) is 0 Å². The average Bonchev–Trinajstić information content (AvgIpc) is 3.51. The highest BCUT2D eigenvalue weighted by Gasteiger charge is 2.72. The third-order valence-corrected chi connectivity index (χ3v) is 17.6. The third-order valence-electron chi connectivity index (χ3n) is 12.6. The lowest BCUT2D eigenvalue weighted by molar-refractivity contribution is -0.831. The van der Waals surface area contributed by atoms with E-state index in [0.717, 1.165) is 64.4 Å². The Morgan fingerprint density at radius 3 is 1.40 bits per heavy atom. The van der Waals surface area contributed by atoms with Crippen LogP contribution in [-0.2, 0) is 12.8 Å². The lowest BCUT2D eigenvalue weighted by Gasteiger charge is -2.29. The van der Waals surface area contributed by atoms with E-state index in [1.165, 1.54) is 96.6 Å². The minimum Gasteiger partial charge on any atom is -0.340 e. The van der Waals surface area contributed by atoms with Crippen molar-refractivity contribution in [3.05, 3.63) is 130 Å². The number of ether oxygens (including phenoxy) is 2. The van der Waals surface area contributed by atoms with Crippen molar-refractivity contribution in [1.29, 1.82) is 0 Å². The number of para-hydroxylation sites is 2. The summed E-state index contributed by atoms with van der Waals surface area (Å²) in [5, 5.41) is 0. The quantitative estimate of drug-likeness (QED) is 0.0734. The highest BCUT2D eigenvalue weighted by Crippen LogP contribution is 2.61. The van der Waals surface area contributed by atoms with Crippen molar-refractivity contribution in [2.24, 2.45) is 0 Å². The predicted molar refractivity (Wildman–Crippen MR) is 249 cm³/mol. The highest BCUT2D eigenvalue weighted by molar-refractivity contribution is 7.75. The molecule has 0 aliphatic carbocycles. The van der Waals surface area contributed by atoms with Gasteiger partial charge in [0.1, 0.15) is 0 Å². The number of aryl methyl sites for hydroxylation is 4. The molecule has 1 atom stereocenters. The molecule has 0 radical (unpaired) electrons. The minimum absolute atomic E-state index is 0. The number of benzene rings is 5. The second kappa shape index (κ2) is 17.8. The van der Waals surface area contributed by atoms with Gasteiger partial charge in [0, 0.05) is 25.8 Å². The van der Waals surface area contributed by atoms with E-state index < -0.39 is 13.3 Å². The molecule has 5 aromatic carbocycles. The number of rotatable bonds is 16. The summed E-state index contributed by atoms with van der Waals surface area (Å²) < 4.78 is 18.8. The summed E-state index contributed by atoms with van der Waals surface area (Å²) in [6.07, 6.45) is 21.6. The van der Waals surface area contributed by atoms with Gasteiger partial charge in [0.2, 0.25) is 0 Å². The molecule has 58 heavy (non-hydrogen) atoms. The fourth-order valence-corrected chi connectivity index (χ4v) is 14.6. The first-order valence-corrected chi connectivity index (χ1v) is 24.4. The van der Waals surface area contributed by atoms with Crippen molar-refractivity contribution >= 4 is 31.1 Å². The maximum absolute atomic E-state index is 7.24. The van der Waals surface area contributed by atoms with Crippen LogP contribution in [0.3, 0.4) is 0 Å². The molecule has 4 nitrogen and oxygen atoms in total. The Kier molecular flexibility index (Phi) is 12.7. The Morgan fingerprint density at radius 2 is 0.948 bits per heavy atom. The lowest BCUT2D eigenvalue weighted by atomic mass is 9.93. The monoisotopic (exact) mass is 793 g/mol. The molecule has 1 spiro atoms. The van der Waals surface area contributed by atoms with Crippen molar-refractivity contribution in [2.45, 2.75) is 113 Å². The normalized spacial score (nSPS) is 16.0. The van der Waals surface area contributed by atoms with Crippen molar-refractivity contribution in [2.75, 3.05) is 24.6 Å². The van der Waals surface area contributed by atoms with E-state index in [1.54, 1.807) is 0 Å². The van der Waals surface area contributed by atoms with Crippen LogP contribution in [0.1, 0.15) is 113 Å². The average molecular weight is 794 g/mol. The second-order valence-corrected chi connectivity index (χ2v) is 21.2.